The topological polar surface area (TPSA) is 12.0 Å². The van der Waals surface area contributed by atoms with Crippen molar-refractivity contribution in [2.45, 2.75) is 39.5 Å². The summed E-state index contributed by atoms with van der Waals surface area (Å²) in [5, 5.41) is 3.21. The first-order chi connectivity index (χ1) is 13.0. The van der Waals surface area contributed by atoms with Crippen LogP contribution in [0.2, 0.25) is 0 Å². The Balaban J connectivity index is 2.58. The predicted octanol–water partition coefficient (Wildman–Crippen LogP) is 7.34. The standard InChI is InChI=1S/C25H30FN/c1-7-10-11-17(4)21-14-23(18(5)24(26)15-21)22(9-3)20-13-12-19(8-2)25(16-20)27-6/h8-9,11-16,22,27H,2-3,7,10H2,1,4-6H3/b17-11+. The van der Waals surface area contributed by atoms with E-state index in [0.29, 0.717) is 5.56 Å². The Morgan fingerprint density at radius 1 is 1.22 bits per heavy atom. The van der Waals surface area contributed by atoms with Gasteiger partial charge in [0.15, 0.2) is 0 Å². The summed E-state index contributed by atoms with van der Waals surface area (Å²) < 4.78 is 14.7. The van der Waals surface area contributed by atoms with Crippen molar-refractivity contribution in [1.82, 2.24) is 0 Å². The van der Waals surface area contributed by atoms with Gasteiger partial charge in [0.2, 0.25) is 0 Å². The van der Waals surface area contributed by atoms with E-state index in [-0.39, 0.29) is 11.7 Å². The van der Waals surface area contributed by atoms with Gasteiger partial charge in [-0.05, 0) is 65.8 Å². The zero-order valence-electron chi connectivity index (χ0n) is 16.9. The molecule has 0 aliphatic carbocycles. The molecular weight excluding hydrogens is 333 g/mol. The van der Waals surface area contributed by atoms with E-state index >= 15 is 0 Å². The lowest BCUT2D eigenvalue weighted by Gasteiger charge is -2.20. The minimum absolute atomic E-state index is 0.0793. The smallest absolute Gasteiger partial charge is 0.127 e. The molecule has 2 aromatic carbocycles. The van der Waals surface area contributed by atoms with E-state index in [9.17, 15) is 4.39 Å². The molecule has 0 bridgehead atoms. The summed E-state index contributed by atoms with van der Waals surface area (Å²) in [6.45, 7) is 13.9. The van der Waals surface area contributed by atoms with Gasteiger partial charge < -0.3 is 5.32 Å². The Hall–Kier alpha value is -2.61. The van der Waals surface area contributed by atoms with Crippen LogP contribution < -0.4 is 5.32 Å². The fourth-order valence-electron chi connectivity index (χ4n) is 3.33. The minimum Gasteiger partial charge on any atom is -0.388 e. The molecule has 1 atom stereocenters. The van der Waals surface area contributed by atoms with Crippen molar-refractivity contribution >= 4 is 17.3 Å². The van der Waals surface area contributed by atoms with E-state index in [4.69, 9.17) is 0 Å². The Kier molecular flexibility index (Phi) is 7.18. The van der Waals surface area contributed by atoms with Gasteiger partial charge in [0, 0.05) is 18.7 Å². The van der Waals surface area contributed by atoms with Gasteiger partial charge in [-0.25, -0.2) is 4.39 Å². The number of benzene rings is 2. The summed E-state index contributed by atoms with van der Waals surface area (Å²) in [6, 6.07) is 9.93. The first-order valence-corrected chi connectivity index (χ1v) is 9.50. The SMILES string of the molecule is C=Cc1ccc(C(C=C)c2cc(/C(C)=C/CCC)cc(F)c2C)cc1NC. The number of unbranched alkanes of at least 4 members (excludes halogenated alkanes) is 1. The van der Waals surface area contributed by atoms with E-state index in [1.54, 1.807) is 6.07 Å². The van der Waals surface area contributed by atoms with E-state index < -0.39 is 0 Å². The predicted molar refractivity (Wildman–Crippen MR) is 118 cm³/mol. The minimum atomic E-state index is -0.171. The summed E-state index contributed by atoms with van der Waals surface area (Å²) >= 11 is 0. The third-order valence-corrected chi connectivity index (χ3v) is 5.08. The van der Waals surface area contributed by atoms with Gasteiger partial charge in [-0.3, -0.25) is 0 Å². The Morgan fingerprint density at radius 2 is 1.96 bits per heavy atom. The highest BCUT2D eigenvalue weighted by Crippen LogP contribution is 2.34. The molecule has 2 heteroatoms. The molecule has 1 unspecified atom stereocenters. The number of rotatable bonds is 8. The summed E-state index contributed by atoms with van der Waals surface area (Å²) in [4.78, 5) is 0. The molecule has 142 valence electrons. The Labute approximate surface area is 163 Å². The first kappa shape index (κ1) is 20.7. The number of anilines is 1. The third kappa shape index (κ3) is 4.57. The molecule has 0 heterocycles. The molecular formula is C25H30FN. The van der Waals surface area contributed by atoms with E-state index in [1.807, 2.05) is 39.1 Å². The largest absolute Gasteiger partial charge is 0.388 e. The van der Waals surface area contributed by atoms with Crippen molar-refractivity contribution in [3.8, 4) is 0 Å². The van der Waals surface area contributed by atoms with Gasteiger partial charge in [-0.1, -0.05) is 56.4 Å². The maximum Gasteiger partial charge on any atom is 0.127 e. The van der Waals surface area contributed by atoms with Crippen LogP contribution in [0.25, 0.3) is 11.6 Å². The maximum atomic E-state index is 14.7. The van der Waals surface area contributed by atoms with Gasteiger partial charge >= 0.3 is 0 Å². The fraction of sp³-hybridized carbons (Fsp3) is 0.280. The molecule has 27 heavy (non-hydrogen) atoms. The molecule has 1 nitrogen and oxygen atoms in total. The normalized spacial score (nSPS) is 12.6. The molecule has 0 radical (unpaired) electrons. The van der Waals surface area contributed by atoms with Crippen LogP contribution in [0.3, 0.4) is 0 Å². The number of hydrogen-bond donors (Lipinski definition) is 1. The van der Waals surface area contributed by atoms with Crippen LogP contribution >= 0.6 is 0 Å². The lowest BCUT2D eigenvalue weighted by molar-refractivity contribution is 0.614. The van der Waals surface area contributed by atoms with Crippen LogP contribution in [0, 0.1) is 12.7 Å². The monoisotopic (exact) mass is 363 g/mol. The Bertz CT molecular complexity index is 861. The van der Waals surface area contributed by atoms with E-state index in [1.165, 1.54) is 0 Å². The van der Waals surface area contributed by atoms with Crippen molar-refractivity contribution in [3.63, 3.8) is 0 Å². The van der Waals surface area contributed by atoms with Gasteiger partial charge in [0.05, 0.1) is 0 Å². The summed E-state index contributed by atoms with van der Waals surface area (Å²) in [5.74, 6) is -0.250. The van der Waals surface area contributed by atoms with Crippen molar-refractivity contribution in [3.05, 3.63) is 89.3 Å². The highest BCUT2D eigenvalue weighted by atomic mass is 19.1. The highest BCUT2D eigenvalue weighted by molar-refractivity contribution is 5.68. The lowest BCUT2D eigenvalue weighted by atomic mass is 9.85. The van der Waals surface area contributed by atoms with Crippen molar-refractivity contribution < 1.29 is 4.39 Å². The highest BCUT2D eigenvalue weighted by Gasteiger charge is 2.18. The second-order valence-electron chi connectivity index (χ2n) is 6.86. The summed E-state index contributed by atoms with van der Waals surface area (Å²) in [5.41, 5.74) is 6.79. The molecule has 0 spiro atoms. The molecule has 0 fully saturated rings. The molecule has 0 aliphatic heterocycles. The number of nitrogens with one attached hydrogen (secondary N) is 1. The zero-order valence-corrected chi connectivity index (χ0v) is 16.9. The Morgan fingerprint density at radius 3 is 2.56 bits per heavy atom. The van der Waals surface area contributed by atoms with Gasteiger partial charge in [0.1, 0.15) is 5.82 Å². The van der Waals surface area contributed by atoms with E-state index in [2.05, 4.69) is 49.7 Å². The second-order valence-corrected chi connectivity index (χ2v) is 6.86. The van der Waals surface area contributed by atoms with Crippen LogP contribution in [0.5, 0.6) is 0 Å². The molecule has 0 aliphatic rings. The van der Waals surface area contributed by atoms with Crippen molar-refractivity contribution in [1.29, 1.82) is 0 Å². The summed E-state index contributed by atoms with van der Waals surface area (Å²) in [6.07, 6.45) is 7.96. The van der Waals surface area contributed by atoms with Crippen LogP contribution in [0.4, 0.5) is 10.1 Å². The molecule has 2 rings (SSSR count). The molecule has 0 aromatic heterocycles. The average Bonchev–Trinajstić information content (AvgIpc) is 2.69. The van der Waals surface area contributed by atoms with Crippen LogP contribution in [0.15, 0.2) is 55.6 Å². The maximum absolute atomic E-state index is 14.7. The molecule has 1 N–H and O–H groups in total. The lowest BCUT2D eigenvalue weighted by Crippen LogP contribution is -2.05. The van der Waals surface area contributed by atoms with Gasteiger partial charge in [0.25, 0.3) is 0 Å². The zero-order chi connectivity index (χ0) is 20.0. The summed E-state index contributed by atoms with van der Waals surface area (Å²) in [7, 11) is 1.89. The van der Waals surface area contributed by atoms with Gasteiger partial charge in [-0.2, -0.15) is 0 Å². The molecule has 2 aromatic rings. The molecule has 0 saturated heterocycles. The number of allylic oxidation sites excluding steroid dienone is 3. The molecule has 0 amide bonds. The molecule has 0 saturated carbocycles. The van der Waals surface area contributed by atoms with Crippen LogP contribution in [0.1, 0.15) is 60.4 Å². The van der Waals surface area contributed by atoms with E-state index in [0.717, 1.165) is 46.4 Å². The van der Waals surface area contributed by atoms with Crippen molar-refractivity contribution in [2.24, 2.45) is 0 Å². The van der Waals surface area contributed by atoms with Crippen molar-refractivity contribution in [2.75, 3.05) is 12.4 Å². The first-order valence-electron chi connectivity index (χ1n) is 9.50. The second kappa shape index (κ2) is 9.36. The van der Waals surface area contributed by atoms with Crippen LogP contribution in [-0.4, -0.2) is 7.05 Å². The van der Waals surface area contributed by atoms with Crippen LogP contribution in [-0.2, 0) is 0 Å². The average molecular weight is 364 g/mol. The number of hydrogen-bond acceptors (Lipinski definition) is 1. The van der Waals surface area contributed by atoms with Gasteiger partial charge in [-0.15, -0.1) is 6.58 Å². The third-order valence-electron chi connectivity index (χ3n) is 5.08. The quantitative estimate of drug-likeness (QED) is 0.484. The fourth-order valence-corrected chi connectivity index (χ4v) is 3.33. The number of halogens is 1.